The monoisotopic (exact) mass is 462 g/mol. The molecule has 0 bridgehead atoms. The third-order valence-electron chi connectivity index (χ3n) is 4.76. The average molecular weight is 463 g/mol. The molecule has 7 heteroatoms. The first kappa shape index (κ1) is 27.9. The molecule has 4 nitrogen and oxygen atoms in total. The number of nitrogens with one attached hydrogen (secondary N) is 1. The van der Waals surface area contributed by atoms with E-state index in [1.165, 1.54) is 17.0 Å². The lowest BCUT2D eigenvalue weighted by atomic mass is 10.1. The summed E-state index contributed by atoms with van der Waals surface area (Å²) in [5.41, 5.74) is 0.628. The van der Waals surface area contributed by atoms with Crippen LogP contribution in [0.25, 0.3) is 0 Å². The lowest BCUT2D eigenvalue weighted by Crippen LogP contribution is -2.26. The zero-order chi connectivity index (χ0) is 24.9. The van der Waals surface area contributed by atoms with Crippen molar-refractivity contribution in [3.05, 3.63) is 77.9 Å². The third kappa shape index (κ3) is 9.93. The number of anilines is 1. The summed E-state index contributed by atoms with van der Waals surface area (Å²) in [7, 11) is 0. The Balaban J connectivity index is 0.000000331. The standard InChI is InChI=1S/C14H21NO.C12H12F3NO/c1-4-7-9-13(10-8-5-2)11-12-14(16)15-6-3;1-8-5-6-16(11(8)17)10-4-2-3-9(7-10)12(13,14)15/h4,7-12H,5-6H2,1-3H3,(H,15,16);2-4,7-8H,5-6H2,1H3/b7-4-,10-8+,12-11+,13-9+;. The molecule has 1 N–H and O–H groups in total. The Morgan fingerprint density at radius 1 is 1.21 bits per heavy atom. The fourth-order valence-corrected chi connectivity index (χ4v) is 2.96. The molecule has 0 saturated carbocycles. The van der Waals surface area contributed by atoms with Crippen molar-refractivity contribution in [3.63, 3.8) is 0 Å². The zero-order valence-electron chi connectivity index (χ0n) is 19.7. The van der Waals surface area contributed by atoms with Crippen molar-refractivity contribution in [2.75, 3.05) is 18.0 Å². The quantitative estimate of drug-likeness (QED) is 0.386. The first-order chi connectivity index (χ1) is 15.6. The van der Waals surface area contributed by atoms with Crippen LogP contribution in [-0.4, -0.2) is 24.9 Å². The number of allylic oxidation sites excluding steroid dienone is 7. The highest BCUT2D eigenvalue weighted by Gasteiger charge is 2.33. The van der Waals surface area contributed by atoms with Crippen LogP contribution >= 0.6 is 0 Å². The molecule has 33 heavy (non-hydrogen) atoms. The highest BCUT2D eigenvalue weighted by molar-refractivity contribution is 5.97. The normalized spacial score (nSPS) is 17.2. The van der Waals surface area contributed by atoms with Crippen molar-refractivity contribution in [1.82, 2.24) is 5.32 Å². The van der Waals surface area contributed by atoms with E-state index in [1.54, 1.807) is 13.0 Å². The molecule has 1 fully saturated rings. The van der Waals surface area contributed by atoms with E-state index in [-0.39, 0.29) is 17.7 Å². The molecule has 1 aliphatic rings. The zero-order valence-corrected chi connectivity index (χ0v) is 19.7. The highest BCUT2D eigenvalue weighted by Crippen LogP contribution is 2.33. The molecule has 1 atom stereocenters. The van der Waals surface area contributed by atoms with Crippen molar-refractivity contribution in [1.29, 1.82) is 0 Å². The number of hydrogen-bond donors (Lipinski definition) is 1. The van der Waals surface area contributed by atoms with Gasteiger partial charge in [0.1, 0.15) is 0 Å². The predicted molar refractivity (Wildman–Crippen MR) is 128 cm³/mol. The van der Waals surface area contributed by atoms with Crippen LogP contribution in [0.2, 0.25) is 0 Å². The van der Waals surface area contributed by atoms with Crippen LogP contribution in [0, 0.1) is 5.92 Å². The summed E-state index contributed by atoms with van der Waals surface area (Å²) >= 11 is 0. The van der Waals surface area contributed by atoms with E-state index >= 15 is 0 Å². The molecule has 2 rings (SSSR count). The summed E-state index contributed by atoms with van der Waals surface area (Å²) in [5, 5.41) is 2.72. The Hall–Kier alpha value is -3.09. The van der Waals surface area contributed by atoms with E-state index in [0.29, 0.717) is 25.2 Å². The number of alkyl halides is 3. The molecule has 1 aromatic rings. The van der Waals surface area contributed by atoms with Gasteiger partial charge in [-0.05, 0) is 56.5 Å². The summed E-state index contributed by atoms with van der Waals surface area (Å²) in [6.45, 7) is 8.88. The van der Waals surface area contributed by atoms with Gasteiger partial charge in [0, 0.05) is 30.8 Å². The smallest absolute Gasteiger partial charge is 0.353 e. The Bertz CT molecular complexity index is 899. The van der Waals surface area contributed by atoms with Gasteiger partial charge in [-0.15, -0.1) is 0 Å². The first-order valence-corrected chi connectivity index (χ1v) is 11.1. The Morgan fingerprint density at radius 3 is 2.48 bits per heavy atom. The SMILES string of the molecule is CC1CCN(c2cccc(C(F)(F)F)c2)C1=O.C\C=C/C=C(\C=C\CC)/C=C/C(=O)NCC. The molecule has 1 aliphatic heterocycles. The molecule has 1 aromatic carbocycles. The topological polar surface area (TPSA) is 49.4 Å². The number of halogens is 3. The largest absolute Gasteiger partial charge is 0.416 e. The second kappa shape index (κ2) is 14.1. The molecule has 2 amide bonds. The third-order valence-corrected chi connectivity index (χ3v) is 4.76. The van der Waals surface area contributed by atoms with Crippen LogP contribution in [0.15, 0.2) is 72.4 Å². The molecule has 0 aromatic heterocycles. The van der Waals surface area contributed by atoms with Crippen LogP contribution in [0.4, 0.5) is 18.9 Å². The first-order valence-electron chi connectivity index (χ1n) is 11.1. The van der Waals surface area contributed by atoms with Gasteiger partial charge in [0.25, 0.3) is 0 Å². The minimum absolute atomic E-state index is 0.0567. The molecule has 1 saturated heterocycles. The maximum Gasteiger partial charge on any atom is 0.416 e. The van der Waals surface area contributed by atoms with Gasteiger partial charge in [-0.2, -0.15) is 13.2 Å². The summed E-state index contributed by atoms with van der Waals surface area (Å²) < 4.78 is 37.6. The molecule has 1 unspecified atom stereocenters. The number of likely N-dealkylation sites (N-methyl/N-ethyl adjacent to an activating group) is 1. The van der Waals surface area contributed by atoms with Gasteiger partial charge in [0.05, 0.1) is 5.56 Å². The molecular weight excluding hydrogens is 429 g/mol. The Kier molecular flexibility index (Phi) is 12.0. The number of hydrogen-bond acceptors (Lipinski definition) is 2. The van der Waals surface area contributed by atoms with Crippen molar-refractivity contribution >= 4 is 17.5 Å². The maximum absolute atomic E-state index is 12.5. The molecular formula is C26H33F3N2O2. The number of rotatable bonds is 7. The highest BCUT2D eigenvalue weighted by atomic mass is 19.4. The molecule has 1 heterocycles. The fraction of sp³-hybridized carbons (Fsp3) is 0.385. The lowest BCUT2D eigenvalue weighted by Gasteiger charge is -2.17. The minimum Gasteiger partial charge on any atom is -0.353 e. The van der Waals surface area contributed by atoms with E-state index in [1.807, 2.05) is 44.2 Å². The van der Waals surface area contributed by atoms with Gasteiger partial charge in [-0.25, -0.2) is 0 Å². The number of amides is 2. The van der Waals surface area contributed by atoms with Crippen LogP contribution in [0.1, 0.15) is 46.1 Å². The maximum atomic E-state index is 12.5. The van der Waals surface area contributed by atoms with Crippen molar-refractivity contribution in [2.45, 2.75) is 46.7 Å². The summed E-state index contributed by atoms with van der Waals surface area (Å²) in [5.74, 6) is -0.271. The van der Waals surface area contributed by atoms with Crippen molar-refractivity contribution in [3.8, 4) is 0 Å². The van der Waals surface area contributed by atoms with Crippen LogP contribution in [0.3, 0.4) is 0 Å². The minimum atomic E-state index is -4.37. The second-order valence-electron chi connectivity index (χ2n) is 7.46. The van der Waals surface area contributed by atoms with Gasteiger partial charge in [-0.1, -0.05) is 50.3 Å². The van der Waals surface area contributed by atoms with Crippen LogP contribution < -0.4 is 10.2 Å². The van der Waals surface area contributed by atoms with Gasteiger partial charge < -0.3 is 10.2 Å². The molecule has 180 valence electrons. The predicted octanol–water partition coefficient (Wildman–Crippen LogP) is 6.23. The fourth-order valence-electron chi connectivity index (χ4n) is 2.96. The van der Waals surface area contributed by atoms with E-state index in [9.17, 15) is 22.8 Å². The van der Waals surface area contributed by atoms with Gasteiger partial charge in [-0.3, -0.25) is 9.59 Å². The Morgan fingerprint density at radius 2 is 1.94 bits per heavy atom. The van der Waals surface area contributed by atoms with E-state index in [4.69, 9.17) is 0 Å². The second-order valence-corrected chi connectivity index (χ2v) is 7.46. The number of carbonyl (C=O) groups excluding carboxylic acids is 2. The molecule has 0 aliphatic carbocycles. The van der Waals surface area contributed by atoms with Gasteiger partial charge in [0.2, 0.25) is 11.8 Å². The van der Waals surface area contributed by atoms with Gasteiger partial charge in [0.15, 0.2) is 0 Å². The lowest BCUT2D eigenvalue weighted by molar-refractivity contribution is -0.137. The summed E-state index contributed by atoms with van der Waals surface area (Å²) in [4.78, 5) is 24.4. The molecule has 0 radical (unpaired) electrons. The summed E-state index contributed by atoms with van der Waals surface area (Å²) in [6, 6.07) is 4.89. The molecule has 0 spiro atoms. The number of benzene rings is 1. The average Bonchev–Trinajstić information content (AvgIpc) is 3.11. The van der Waals surface area contributed by atoms with Crippen LogP contribution in [0.5, 0.6) is 0 Å². The van der Waals surface area contributed by atoms with Gasteiger partial charge >= 0.3 is 6.18 Å². The van der Waals surface area contributed by atoms with E-state index < -0.39 is 11.7 Å². The number of nitrogens with zero attached hydrogens (tertiary/aromatic N) is 1. The number of carbonyl (C=O) groups is 2. The van der Waals surface area contributed by atoms with E-state index in [2.05, 4.69) is 18.3 Å². The van der Waals surface area contributed by atoms with Crippen LogP contribution in [-0.2, 0) is 15.8 Å². The Labute approximate surface area is 194 Å². The van der Waals surface area contributed by atoms with Crippen molar-refractivity contribution in [2.24, 2.45) is 5.92 Å². The van der Waals surface area contributed by atoms with Crippen molar-refractivity contribution < 1.29 is 22.8 Å². The summed E-state index contributed by atoms with van der Waals surface area (Å²) in [6.07, 6.45) is 10.6. The van der Waals surface area contributed by atoms with E-state index in [0.717, 1.165) is 24.1 Å².